The third-order valence-electron chi connectivity index (χ3n) is 4.93. The molecule has 0 radical (unpaired) electrons. The molecular weight excluding hydrogens is 402 g/mol. The first-order chi connectivity index (χ1) is 14.5. The SMILES string of the molecule is Cc1ccc(-c2nnc(SCC(=O)NC(C)c3ccc4c(c3)OCCO4)o2)cc1C. The number of ether oxygens (including phenoxy) is 2. The van der Waals surface area contributed by atoms with E-state index < -0.39 is 0 Å². The maximum Gasteiger partial charge on any atom is 0.277 e. The van der Waals surface area contributed by atoms with E-state index in [9.17, 15) is 4.79 Å². The summed E-state index contributed by atoms with van der Waals surface area (Å²) >= 11 is 1.21. The number of rotatable bonds is 6. The van der Waals surface area contributed by atoms with Gasteiger partial charge in [0.25, 0.3) is 5.22 Å². The van der Waals surface area contributed by atoms with Gasteiger partial charge < -0.3 is 19.2 Å². The first-order valence-electron chi connectivity index (χ1n) is 9.72. The van der Waals surface area contributed by atoms with Crippen LogP contribution in [0.25, 0.3) is 11.5 Å². The molecule has 1 atom stereocenters. The lowest BCUT2D eigenvalue weighted by Crippen LogP contribution is -2.28. The van der Waals surface area contributed by atoms with Crippen LogP contribution in [0, 0.1) is 13.8 Å². The molecule has 1 aliphatic rings. The third kappa shape index (κ3) is 4.59. The zero-order valence-electron chi connectivity index (χ0n) is 17.1. The van der Waals surface area contributed by atoms with E-state index in [0.717, 1.165) is 22.4 Å². The molecule has 2 aromatic carbocycles. The van der Waals surface area contributed by atoms with Crippen molar-refractivity contribution in [3.8, 4) is 23.0 Å². The van der Waals surface area contributed by atoms with Crippen LogP contribution in [0.1, 0.15) is 29.7 Å². The normalized spacial score (nSPS) is 13.7. The minimum absolute atomic E-state index is 0.117. The van der Waals surface area contributed by atoms with Gasteiger partial charge in [-0.3, -0.25) is 4.79 Å². The van der Waals surface area contributed by atoms with E-state index in [0.29, 0.717) is 30.1 Å². The second-order valence-corrected chi connectivity index (χ2v) is 8.08. The number of amides is 1. The molecule has 1 N–H and O–H groups in total. The summed E-state index contributed by atoms with van der Waals surface area (Å²) in [6, 6.07) is 11.5. The van der Waals surface area contributed by atoms with E-state index in [1.807, 2.05) is 50.2 Å². The van der Waals surface area contributed by atoms with E-state index in [1.54, 1.807) is 0 Å². The van der Waals surface area contributed by atoms with Crippen molar-refractivity contribution >= 4 is 17.7 Å². The zero-order chi connectivity index (χ0) is 21.1. The maximum atomic E-state index is 12.4. The second kappa shape index (κ2) is 8.79. The van der Waals surface area contributed by atoms with Crippen molar-refractivity contribution in [2.75, 3.05) is 19.0 Å². The topological polar surface area (TPSA) is 86.5 Å². The Labute approximate surface area is 179 Å². The molecule has 0 saturated heterocycles. The van der Waals surface area contributed by atoms with E-state index in [2.05, 4.69) is 22.4 Å². The Balaban J connectivity index is 1.32. The van der Waals surface area contributed by atoms with Crippen molar-refractivity contribution in [2.24, 2.45) is 0 Å². The highest BCUT2D eigenvalue weighted by molar-refractivity contribution is 7.99. The van der Waals surface area contributed by atoms with Gasteiger partial charge in [-0.15, -0.1) is 10.2 Å². The van der Waals surface area contributed by atoms with Crippen molar-refractivity contribution in [2.45, 2.75) is 32.0 Å². The van der Waals surface area contributed by atoms with Crippen molar-refractivity contribution < 1.29 is 18.7 Å². The lowest BCUT2D eigenvalue weighted by atomic mass is 10.1. The number of nitrogens with zero attached hydrogens (tertiary/aromatic N) is 2. The Morgan fingerprint density at radius 2 is 1.87 bits per heavy atom. The third-order valence-corrected chi connectivity index (χ3v) is 5.75. The predicted octanol–water partition coefficient (Wildman–Crippen LogP) is 4.09. The highest BCUT2D eigenvalue weighted by Gasteiger charge is 2.17. The Kier molecular flexibility index (Phi) is 5.94. The summed E-state index contributed by atoms with van der Waals surface area (Å²) in [6.45, 7) is 7.11. The molecule has 0 saturated carbocycles. The van der Waals surface area contributed by atoms with Gasteiger partial charge in [0.2, 0.25) is 11.8 Å². The smallest absolute Gasteiger partial charge is 0.277 e. The summed E-state index contributed by atoms with van der Waals surface area (Å²) in [5.74, 6) is 1.96. The van der Waals surface area contributed by atoms with Gasteiger partial charge in [0, 0.05) is 5.56 Å². The maximum absolute atomic E-state index is 12.4. The molecule has 4 rings (SSSR count). The summed E-state index contributed by atoms with van der Waals surface area (Å²) in [4.78, 5) is 12.4. The second-order valence-electron chi connectivity index (χ2n) is 7.15. The average Bonchev–Trinajstić information content (AvgIpc) is 3.23. The molecule has 3 aromatic rings. The van der Waals surface area contributed by atoms with Crippen molar-refractivity contribution in [1.82, 2.24) is 15.5 Å². The molecule has 1 aromatic heterocycles. The van der Waals surface area contributed by atoms with Gasteiger partial charge in [0.05, 0.1) is 11.8 Å². The molecule has 1 unspecified atom stereocenters. The van der Waals surface area contributed by atoms with Crippen molar-refractivity contribution in [3.05, 3.63) is 53.1 Å². The zero-order valence-corrected chi connectivity index (χ0v) is 17.9. The van der Waals surface area contributed by atoms with E-state index in [1.165, 1.54) is 17.3 Å². The number of thioether (sulfide) groups is 1. The van der Waals surface area contributed by atoms with Crippen LogP contribution in [0.15, 0.2) is 46.0 Å². The first kappa shape index (κ1) is 20.3. The lowest BCUT2D eigenvalue weighted by molar-refractivity contribution is -0.119. The van der Waals surface area contributed by atoms with Crippen LogP contribution in [0.3, 0.4) is 0 Å². The number of aryl methyl sites for hydroxylation is 2. The summed E-state index contributed by atoms with van der Waals surface area (Å²) in [5.41, 5.74) is 4.19. The molecule has 1 amide bonds. The Morgan fingerprint density at radius 1 is 1.07 bits per heavy atom. The number of nitrogens with one attached hydrogen (secondary N) is 1. The minimum Gasteiger partial charge on any atom is -0.486 e. The molecular formula is C22H23N3O4S. The predicted molar refractivity (Wildman–Crippen MR) is 114 cm³/mol. The van der Waals surface area contributed by atoms with Crippen LogP contribution in [0.5, 0.6) is 11.5 Å². The number of hydrogen-bond acceptors (Lipinski definition) is 7. The first-order valence-corrected chi connectivity index (χ1v) is 10.7. The molecule has 7 nitrogen and oxygen atoms in total. The number of carbonyl (C=O) groups excluding carboxylic acids is 1. The van der Waals surface area contributed by atoms with Crippen LogP contribution in [-0.2, 0) is 4.79 Å². The van der Waals surface area contributed by atoms with Crippen LogP contribution in [-0.4, -0.2) is 35.1 Å². The minimum atomic E-state index is -0.164. The Hall–Kier alpha value is -3.00. The van der Waals surface area contributed by atoms with Crippen LogP contribution >= 0.6 is 11.8 Å². The lowest BCUT2D eigenvalue weighted by Gasteiger charge is -2.21. The Bertz CT molecular complexity index is 1070. The standard InChI is InChI=1S/C22H23N3O4S/c1-13-4-5-17(10-14(13)2)21-24-25-22(29-21)30-12-20(26)23-15(3)16-6-7-18-19(11-16)28-9-8-27-18/h4-7,10-11,15H,8-9,12H2,1-3H3,(H,23,26). The molecule has 2 heterocycles. The molecule has 1 aliphatic heterocycles. The fourth-order valence-corrected chi connectivity index (χ4v) is 3.66. The fourth-order valence-electron chi connectivity index (χ4n) is 3.08. The van der Waals surface area contributed by atoms with Gasteiger partial charge in [-0.25, -0.2) is 0 Å². The van der Waals surface area contributed by atoms with Crippen molar-refractivity contribution in [3.63, 3.8) is 0 Å². The van der Waals surface area contributed by atoms with Crippen LogP contribution in [0.4, 0.5) is 0 Å². The molecule has 0 bridgehead atoms. The van der Waals surface area contributed by atoms with Gasteiger partial charge in [-0.2, -0.15) is 0 Å². The van der Waals surface area contributed by atoms with Gasteiger partial charge in [-0.05, 0) is 61.7 Å². The van der Waals surface area contributed by atoms with E-state index >= 15 is 0 Å². The fraction of sp³-hybridized carbons (Fsp3) is 0.318. The monoisotopic (exact) mass is 425 g/mol. The van der Waals surface area contributed by atoms with Crippen LogP contribution < -0.4 is 14.8 Å². The van der Waals surface area contributed by atoms with Gasteiger partial charge >= 0.3 is 0 Å². The van der Waals surface area contributed by atoms with Crippen LogP contribution in [0.2, 0.25) is 0 Å². The van der Waals surface area contributed by atoms with Gasteiger partial charge in [0.1, 0.15) is 13.2 Å². The highest BCUT2D eigenvalue weighted by Crippen LogP contribution is 2.32. The summed E-state index contributed by atoms with van der Waals surface area (Å²) in [5, 5.41) is 11.5. The Morgan fingerprint density at radius 3 is 2.67 bits per heavy atom. The largest absolute Gasteiger partial charge is 0.486 e. The number of hydrogen-bond donors (Lipinski definition) is 1. The molecule has 0 aliphatic carbocycles. The van der Waals surface area contributed by atoms with E-state index in [4.69, 9.17) is 13.9 Å². The number of benzene rings is 2. The molecule has 30 heavy (non-hydrogen) atoms. The number of carbonyl (C=O) groups is 1. The molecule has 0 spiro atoms. The van der Waals surface area contributed by atoms with Gasteiger partial charge in [-0.1, -0.05) is 23.9 Å². The average molecular weight is 426 g/mol. The quantitative estimate of drug-likeness (QED) is 0.595. The highest BCUT2D eigenvalue weighted by atomic mass is 32.2. The number of aromatic nitrogens is 2. The summed E-state index contributed by atoms with van der Waals surface area (Å²) < 4.78 is 16.8. The van der Waals surface area contributed by atoms with Crippen molar-refractivity contribution in [1.29, 1.82) is 0 Å². The number of fused-ring (bicyclic) bond motifs is 1. The molecule has 0 fully saturated rings. The summed E-state index contributed by atoms with van der Waals surface area (Å²) in [7, 11) is 0. The summed E-state index contributed by atoms with van der Waals surface area (Å²) in [6.07, 6.45) is 0. The molecule has 8 heteroatoms. The van der Waals surface area contributed by atoms with E-state index in [-0.39, 0.29) is 17.7 Å². The molecule has 156 valence electrons. The van der Waals surface area contributed by atoms with Gasteiger partial charge in [0.15, 0.2) is 11.5 Å².